The Kier molecular flexibility index (Phi) is 8.72. The molecule has 186 valence electrons. The van der Waals surface area contributed by atoms with Crippen molar-refractivity contribution in [3.63, 3.8) is 0 Å². The fraction of sp³-hybridized carbons (Fsp3) is 0.375. The van der Waals surface area contributed by atoms with Crippen LogP contribution < -0.4 is 14.2 Å². The Hall–Kier alpha value is -3.13. The monoisotopic (exact) mass is 519 g/mol. The minimum atomic E-state index is -3.90. The van der Waals surface area contributed by atoms with Crippen molar-refractivity contribution in [1.29, 1.82) is 5.26 Å². The third-order valence-electron chi connectivity index (χ3n) is 5.67. The van der Waals surface area contributed by atoms with Crippen LogP contribution in [0.1, 0.15) is 39.1 Å². The number of Topliss-reactive ketones (excluding diaryl/α,β-unsaturated/α-hetero) is 1. The van der Waals surface area contributed by atoms with Gasteiger partial charge in [-0.1, -0.05) is 11.6 Å². The number of carbonyl (C=O) groups is 2. The van der Waals surface area contributed by atoms with Gasteiger partial charge in [-0.15, -0.1) is 0 Å². The van der Waals surface area contributed by atoms with Crippen LogP contribution in [-0.4, -0.2) is 64.6 Å². The molecular weight excluding hydrogens is 494 g/mol. The Balaban J connectivity index is 1.56. The molecule has 1 saturated heterocycles. The molecule has 0 aromatic heterocycles. The Morgan fingerprint density at radius 2 is 1.86 bits per heavy atom. The van der Waals surface area contributed by atoms with Crippen molar-refractivity contribution in [3.05, 3.63) is 58.1 Å². The SMILES string of the molecule is COc1c(OS(C)(=O)=O)cc(C#N)cc1C(=O)NCCN1CCC(C(=O)c2ccc(Cl)cc2)CC1. The molecule has 0 unspecified atom stereocenters. The highest BCUT2D eigenvalue weighted by molar-refractivity contribution is 7.86. The lowest BCUT2D eigenvalue weighted by atomic mass is 9.89. The number of halogens is 1. The zero-order chi connectivity index (χ0) is 25.6. The molecule has 35 heavy (non-hydrogen) atoms. The highest BCUT2D eigenvalue weighted by Gasteiger charge is 2.26. The van der Waals surface area contributed by atoms with Crippen LogP contribution in [0.3, 0.4) is 0 Å². The van der Waals surface area contributed by atoms with Gasteiger partial charge in [-0.05, 0) is 56.3 Å². The average molecular weight is 520 g/mol. The minimum Gasteiger partial charge on any atom is -0.492 e. The van der Waals surface area contributed by atoms with Crippen LogP contribution in [0.25, 0.3) is 0 Å². The van der Waals surface area contributed by atoms with E-state index < -0.39 is 16.0 Å². The van der Waals surface area contributed by atoms with Crippen LogP contribution in [0.5, 0.6) is 11.5 Å². The van der Waals surface area contributed by atoms with E-state index in [9.17, 15) is 23.3 Å². The summed E-state index contributed by atoms with van der Waals surface area (Å²) in [5, 5.41) is 12.6. The summed E-state index contributed by atoms with van der Waals surface area (Å²) < 4.78 is 33.2. The van der Waals surface area contributed by atoms with Crippen molar-refractivity contribution in [2.24, 2.45) is 5.92 Å². The summed E-state index contributed by atoms with van der Waals surface area (Å²) in [6, 6.07) is 11.3. The summed E-state index contributed by atoms with van der Waals surface area (Å²) in [6.07, 6.45) is 2.30. The van der Waals surface area contributed by atoms with E-state index in [0.717, 1.165) is 32.2 Å². The molecule has 1 fully saturated rings. The van der Waals surface area contributed by atoms with Crippen LogP contribution in [0.4, 0.5) is 0 Å². The first-order valence-electron chi connectivity index (χ1n) is 10.9. The Bertz CT molecular complexity index is 1230. The van der Waals surface area contributed by atoms with Crippen LogP contribution in [0.2, 0.25) is 5.02 Å². The zero-order valence-electron chi connectivity index (χ0n) is 19.4. The van der Waals surface area contributed by atoms with Gasteiger partial charge in [0.2, 0.25) is 0 Å². The summed E-state index contributed by atoms with van der Waals surface area (Å²) in [5.41, 5.74) is 0.715. The number of carbonyl (C=O) groups excluding carboxylic acids is 2. The lowest BCUT2D eigenvalue weighted by Crippen LogP contribution is -2.41. The van der Waals surface area contributed by atoms with Crippen molar-refractivity contribution < 1.29 is 26.9 Å². The first-order chi connectivity index (χ1) is 16.6. The molecule has 0 radical (unpaired) electrons. The van der Waals surface area contributed by atoms with Crippen LogP contribution in [0, 0.1) is 17.2 Å². The molecule has 0 bridgehead atoms. The molecule has 1 aliphatic rings. The highest BCUT2D eigenvalue weighted by Crippen LogP contribution is 2.33. The molecular formula is C24H26ClN3O6S. The van der Waals surface area contributed by atoms with Crippen molar-refractivity contribution in [3.8, 4) is 17.6 Å². The normalized spacial score (nSPS) is 14.7. The fourth-order valence-electron chi connectivity index (χ4n) is 3.96. The molecule has 0 aliphatic carbocycles. The molecule has 2 aromatic rings. The van der Waals surface area contributed by atoms with E-state index in [1.807, 2.05) is 6.07 Å². The molecule has 1 N–H and O–H groups in total. The Morgan fingerprint density at radius 1 is 1.20 bits per heavy atom. The van der Waals surface area contributed by atoms with E-state index in [2.05, 4.69) is 10.2 Å². The van der Waals surface area contributed by atoms with Gasteiger partial charge in [-0.2, -0.15) is 13.7 Å². The maximum atomic E-state index is 12.8. The molecule has 0 atom stereocenters. The van der Waals surface area contributed by atoms with Gasteiger partial charge in [0, 0.05) is 35.7 Å². The fourth-order valence-corrected chi connectivity index (χ4v) is 4.54. The summed E-state index contributed by atoms with van der Waals surface area (Å²) in [4.78, 5) is 27.7. The van der Waals surface area contributed by atoms with Crippen molar-refractivity contribution in [2.45, 2.75) is 12.8 Å². The Morgan fingerprint density at radius 3 is 2.43 bits per heavy atom. The van der Waals surface area contributed by atoms with Gasteiger partial charge in [0.25, 0.3) is 5.91 Å². The smallest absolute Gasteiger partial charge is 0.306 e. The van der Waals surface area contributed by atoms with Crippen LogP contribution >= 0.6 is 11.6 Å². The van der Waals surface area contributed by atoms with Crippen molar-refractivity contribution in [1.82, 2.24) is 10.2 Å². The van der Waals surface area contributed by atoms with Gasteiger partial charge in [0.1, 0.15) is 0 Å². The zero-order valence-corrected chi connectivity index (χ0v) is 21.0. The van der Waals surface area contributed by atoms with E-state index in [1.54, 1.807) is 24.3 Å². The number of nitriles is 1. The molecule has 0 saturated carbocycles. The highest BCUT2D eigenvalue weighted by atomic mass is 35.5. The standard InChI is InChI=1S/C24H26ClN3O6S/c1-33-23-20(13-16(15-26)14-21(23)34-35(2,31)32)24(30)27-9-12-28-10-7-18(8-11-28)22(29)17-3-5-19(25)6-4-17/h3-6,13-14,18H,7-12H2,1-2H3,(H,27,30). The largest absolute Gasteiger partial charge is 0.492 e. The second-order valence-electron chi connectivity index (χ2n) is 8.20. The number of nitrogens with zero attached hydrogens (tertiary/aromatic N) is 2. The molecule has 1 heterocycles. The first-order valence-corrected chi connectivity index (χ1v) is 13.1. The van der Waals surface area contributed by atoms with Gasteiger partial charge in [-0.25, -0.2) is 0 Å². The Labute approximate surface area is 209 Å². The van der Waals surface area contributed by atoms with Gasteiger partial charge in [0.05, 0.1) is 30.6 Å². The van der Waals surface area contributed by atoms with Gasteiger partial charge < -0.3 is 19.1 Å². The number of benzene rings is 2. The predicted octanol–water partition coefficient (Wildman–Crippen LogP) is 2.88. The molecule has 1 amide bonds. The lowest BCUT2D eigenvalue weighted by Gasteiger charge is -2.31. The predicted molar refractivity (Wildman–Crippen MR) is 130 cm³/mol. The van der Waals surface area contributed by atoms with Crippen molar-refractivity contribution >= 4 is 33.4 Å². The number of methoxy groups -OCH3 is 1. The third-order valence-corrected chi connectivity index (χ3v) is 6.41. The first kappa shape index (κ1) is 26.5. The number of ketones is 1. The van der Waals surface area contributed by atoms with E-state index in [0.29, 0.717) is 23.7 Å². The second kappa shape index (κ2) is 11.5. The molecule has 0 spiro atoms. The van der Waals surface area contributed by atoms with Gasteiger partial charge >= 0.3 is 10.1 Å². The number of hydrogen-bond acceptors (Lipinski definition) is 8. The summed E-state index contributed by atoms with van der Waals surface area (Å²) in [5.74, 6) is -0.760. The lowest BCUT2D eigenvalue weighted by molar-refractivity contribution is 0.0838. The number of piperidine rings is 1. The summed E-state index contributed by atoms with van der Waals surface area (Å²) >= 11 is 5.90. The summed E-state index contributed by atoms with van der Waals surface area (Å²) in [6.45, 7) is 2.33. The van der Waals surface area contributed by atoms with Gasteiger partial charge in [0.15, 0.2) is 17.3 Å². The maximum absolute atomic E-state index is 12.8. The number of likely N-dealkylation sites (tertiary alicyclic amines) is 1. The molecule has 2 aromatic carbocycles. The van der Waals surface area contributed by atoms with Crippen LogP contribution in [-0.2, 0) is 10.1 Å². The number of hydrogen-bond donors (Lipinski definition) is 1. The van der Waals surface area contributed by atoms with E-state index in [1.165, 1.54) is 19.2 Å². The number of amides is 1. The maximum Gasteiger partial charge on any atom is 0.306 e. The van der Waals surface area contributed by atoms with Crippen LogP contribution in [0.15, 0.2) is 36.4 Å². The molecule has 9 nitrogen and oxygen atoms in total. The molecule has 11 heteroatoms. The van der Waals surface area contributed by atoms with Crippen molar-refractivity contribution in [2.75, 3.05) is 39.5 Å². The second-order valence-corrected chi connectivity index (χ2v) is 10.2. The molecule has 3 rings (SSSR count). The third kappa shape index (κ3) is 7.18. The summed E-state index contributed by atoms with van der Waals surface area (Å²) in [7, 11) is -2.62. The average Bonchev–Trinajstić information content (AvgIpc) is 2.83. The topological polar surface area (TPSA) is 126 Å². The minimum absolute atomic E-state index is 0.00234. The van der Waals surface area contributed by atoms with E-state index >= 15 is 0 Å². The number of rotatable bonds is 9. The number of ether oxygens (including phenoxy) is 1. The molecule has 1 aliphatic heterocycles. The van der Waals surface area contributed by atoms with Gasteiger partial charge in [-0.3, -0.25) is 9.59 Å². The van der Waals surface area contributed by atoms with E-state index in [4.69, 9.17) is 20.5 Å². The number of nitrogens with one attached hydrogen (secondary N) is 1. The quantitative estimate of drug-likeness (QED) is 0.396. The van der Waals surface area contributed by atoms with E-state index in [-0.39, 0.29) is 34.3 Å².